The third-order valence-corrected chi connectivity index (χ3v) is 7.15. The number of aromatic nitrogens is 4. The number of pyridine rings is 1. The molecule has 192 valence electrons. The molecule has 10 heteroatoms. The van der Waals surface area contributed by atoms with Crippen LogP contribution in [0.2, 0.25) is 5.02 Å². The van der Waals surface area contributed by atoms with Gasteiger partial charge in [0.15, 0.2) is 5.82 Å². The van der Waals surface area contributed by atoms with Gasteiger partial charge >= 0.3 is 0 Å². The lowest BCUT2D eigenvalue weighted by atomic mass is 9.97. The van der Waals surface area contributed by atoms with Crippen molar-refractivity contribution >= 4 is 28.4 Å². The van der Waals surface area contributed by atoms with Crippen molar-refractivity contribution in [2.75, 3.05) is 6.54 Å². The number of fused-ring (bicyclic) bond motifs is 1. The molecule has 0 unspecified atom stereocenters. The first kappa shape index (κ1) is 25.1. The van der Waals surface area contributed by atoms with Crippen molar-refractivity contribution in [2.45, 2.75) is 45.4 Å². The first-order valence-electron chi connectivity index (χ1n) is 12.1. The number of carbonyl (C=O) groups excluding carboxylic acids is 1. The topological polar surface area (TPSA) is 93.4 Å². The SMILES string of the molecule is Cc1cc(-c2ncnn2C)c2cccc(OCc3c(Cl)cc(F)cc3[C@H](C)N3CCC[C@@H](O)C3=O)c2n1. The zero-order valence-electron chi connectivity index (χ0n) is 20.8. The fourth-order valence-corrected chi connectivity index (χ4v) is 5.19. The first-order valence-corrected chi connectivity index (χ1v) is 12.5. The molecule has 2 aromatic heterocycles. The van der Waals surface area contributed by atoms with E-state index in [0.29, 0.717) is 47.6 Å². The summed E-state index contributed by atoms with van der Waals surface area (Å²) in [5.41, 5.74) is 3.43. The van der Waals surface area contributed by atoms with Crippen LogP contribution in [0.3, 0.4) is 0 Å². The maximum Gasteiger partial charge on any atom is 0.251 e. The Morgan fingerprint density at radius 2 is 2.11 bits per heavy atom. The molecule has 0 spiro atoms. The number of ether oxygens (including phenoxy) is 1. The predicted octanol–water partition coefficient (Wildman–Crippen LogP) is 4.75. The number of hydrogen-bond acceptors (Lipinski definition) is 6. The number of hydrogen-bond donors (Lipinski definition) is 1. The molecule has 1 aliphatic heterocycles. The number of amides is 1. The molecule has 1 amide bonds. The highest BCUT2D eigenvalue weighted by atomic mass is 35.5. The van der Waals surface area contributed by atoms with Gasteiger partial charge in [-0.25, -0.2) is 19.0 Å². The number of aryl methyl sites for hydroxylation is 2. The second-order valence-electron chi connectivity index (χ2n) is 9.28. The number of benzene rings is 2. The summed E-state index contributed by atoms with van der Waals surface area (Å²) in [5.74, 6) is 0.374. The average molecular weight is 524 g/mol. The van der Waals surface area contributed by atoms with Crippen LogP contribution in [0.4, 0.5) is 4.39 Å². The zero-order valence-corrected chi connectivity index (χ0v) is 21.5. The standard InChI is InChI=1S/C27H27ClFN5O3/c1-15-10-20(26-30-14-31-33(26)3)18-6-4-8-24(25(18)32-15)37-13-21-19(11-17(29)12-22(21)28)16(2)34-9-5-7-23(35)27(34)36/h4,6,8,10-12,14,16,23,35H,5,7,9,13H2,1-3H3/t16-,23+/m0/s1. The molecule has 2 aromatic carbocycles. The van der Waals surface area contributed by atoms with E-state index < -0.39 is 18.0 Å². The molecule has 1 N–H and O–H groups in total. The summed E-state index contributed by atoms with van der Waals surface area (Å²) in [6.07, 6.45) is 1.54. The number of nitrogens with zero attached hydrogens (tertiary/aromatic N) is 5. The van der Waals surface area contributed by atoms with E-state index in [1.807, 2.05) is 38.2 Å². The van der Waals surface area contributed by atoms with Crippen LogP contribution in [0, 0.1) is 12.7 Å². The predicted molar refractivity (Wildman–Crippen MR) is 138 cm³/mol. The quantitative estimate of drug-likeness (QED) is 0.392. The first-order chi connectivity index (χ1) is 17.7. The number of aliphatic hydroxyl groups excluding tert-OH is 1. The van der Waals surface area contributed by atoms with Gasteiger partial charge in [0.05, 0.1) is 11.1 Å². The number of likely N-dealkylation sites (tertiary alicyclic amines) is 1. The minimum atomic E-state index is -1.05. The summed E-state index contributed by atoms with van der Waals surface area (Å²) < 4.78 is 22.4. The van der Waals surface area contributed by atoms with Gasteiger partial charge in [0, 0.05) is 35.8 Å². The lowest BCUT2D eigenvalue weighted by Gasteiger charge is -2.36. The lowest BCUT2D eigenvalue weighted by molar-refractivity contribution is -0.146. The molecule has 5 rings (SSSR count). The van der Waals surface area contributed by atoms with Crippen LogP contribution in [-0.2, 0) is 18.4 Å². The van der Waals surface area contributed by atoms with Crippen LogP contribution in [0.25, 0.3) is 22.3 Å². The number of aliphatic hydroxyl groups is 1. The van der Waals surface area contributed by atoms with Gasteiger partial charge in [0.25, 0.3) is 5.91 Å². The summed E-state index contributed by atoms with van der Waals surface area (Å²) in [6.45, 7) is 4.22. The van der Waals surface area contributed by atoms with E-state index in [1.165, 1.54) is 18.5 Å². The van der Waals surface area contributed by atoms with Crippen molar-refractivity contribution in [3.8, 4) is 17.1 Å². The molecule has 3 heterocycles. The number of halogens is 2. The summed E-state index contributed by atoms with van der Waals surface area (Å²) in [5, 5.41) is 15.3. The number of carbonyl (C=O) groups is 1. The molecule has 0 aliphatic carbocycles. The van der Waals surface area contributed by atoms with Gasteiger partial charge < -0.3 is 14.7 Å². The van der Waals surface area contributed by atoms with Gasteiger partial charge in [-0.1, -0.05) is 23.7 Å². The molecule has 1 fully saturated rings. The average Bonchev–Trinajstić information content (AvgIpc) is 3.29. The summed E-state index contributed by atoms with van der Waals surface area (Å²) in [7, 11) is 1.83. The summed E-state index contributed by atoms with van der Waals surface area (Å²) in [4.78, 5) is 23.3. The molecular weight excluding hydrogens is 497 g/mol. The van der Waals surface area contributed by atoms with Crippen LogP contribution in [-0.4, -0.2) is 48.3 Å². The Morgan fingerprint density at radius 1 is 1.30 bits per heavy atom. The van der Waals surface area contributed by atoms with E-state index in [2.05, 4.69) is 10.1 Å². The Hall–Kier alpha value is -3.56. The Labute approximate surface area is 218 Å². The van der Waals surface area contributed by atoms with Crippen LogP contribution < -0.4 is 4.74 Å². The molecule has 37 heavy (non-hydrogen) atoms. The number of para-hydroxylation sites is 1. The molecule has 2 atom stereocenters. The molecule has 8 nitrogen and oxygen atoms in total. The van der Waals surface area contributed by atoms with Gasteiger partial charge in [-0.05, 0) is 56.5 Å². The Morgan fingerprint density at radius 3 is 2.86 bits per heavy atom. The van der Waals surface area contributed by atoms with Gasteiger partial charge in [-0.3, -0.25) is 4.79 Å². The smallest absolute Gasteiger partial charge is 0.251 e. The number of rotatable bonds is 6. The van der Waals surface area contributed by atoms with Crippen LogP contribution in [0.15, 0.2) is 42.7 Å². The molecule has 0 radical (unpaired) electrons. The third-order valence-electron chi connectivity index (χ3n) is 6.81. The fraction of sp³-hybridized carbons (Fsp3) is 0.333. The van der Waals surface area contributed by atoms with E-state index in [4.69, 9.17) is 21.3 Å². The van der Waals surface area contributed by atoms with E-state index in [1.54, 1.807) is 16.5 Å². The van der Waals surface area contributed by atoms with Crippen molar-refractivity contribution in [3.63, 3.8) is 0 Å². The lowest BCUT2D eigenvalue weighted by Crippen LogP contribution is -2.45. The largest absolute Gasteiger partial charge is 0.487 e. The molecule has 1 saturated heterocycles. The van der Waals surface area contributed by atoms with Gasteiger partial charge in [0.2, 0.25) is 0 Å². The summed E-state index contributed by atoms with van der Waals surface area (Å²) >= 11 is 6.50. The van der Waals surface area contributed by atoms with E-state index in [0.717, 1.165) is 16.6 Å². The minimum Gasteiger partial charge on any atom is -0.487 e. The minimum absolute atomic E-state index is 0.0391. The Bertz CT molecular complexity index is 1490. The monoisotopic (exact) mass is 523 g/mol. The van der Waals surface area contributed by atoms with E-state index in [-0.39, 0.29) is 17.5 Å². The van der Waals surface area contributed by atoms with Gasteiger partial charge in [-0.15, -0.1) is 0 Å². The highest BCUT2D eigenvalue weighted by Gasteiger charge is 2.32. The van der Waals surface area contributed by atoms with E-state index >= 15 is 0 Å². The maximum atomic E-state index is 14.4. The Balaban J connectivity index is 1.51. The van der Waals surface area contributed by atoms with E-state index in [9.17, 15) is 14.3 Å². The zero-order chi connectivity index (χ0) is 26.3. The summed E-state index contributed by atoms with van der Waals surface area (Å²) in [6, 6.07) is 9.71. The van der Waals surface area contributed by atoms with Gasteiger partial charge in [0.1, 0.15) is 36.1 Å². The fourth-order valence-electron chi connectivity index (χ4n) is 4.92. The van der Waals surface area contributed by atoms with Gasteiger partial charge in [-0.2, -0.15) is 5.10 Å². The second-order valence-corrected chi connectivity index (χ2v) is 9.69. The highest BCUT2D eigenvalue weighted by molar-refractivity contribution is 6.31. The third kappa shape index (κ3) is 4.76. The van der Waals surface area contributed by atoms with Crippen molar-refractivity contribution in [2.24, 2.45) is 7.05 Å². The molecule has 4 aromatic rings. The molecule has 0 saturated carbocycles. The van der Waals surface area contributed by atoms with Crippen molar-refractivity contribution in [1.82, 2.24) is 24.6 Å². The normalized spacial score (nSPS) is 16.9. The molecule has 1 aliphatic rings. The Kier molecular flexibility index (Phi) is 6.83. The van der Waals surface area contributed by atoms with Crippen LogP contribution in [0.1, 0.15) is 42.6 Å². The van der Waals surface area contributed by atoms with Crippen molar-refractivity contribution < 1.29 is 19.0 Å². The molecule has 0 bridgehead atoms. The maximum absolute atomic E-state index is 14.4. The van der Waals surface area contributed by atoms with Crippen molar-refractivity contribution in [1.29, 1.82) is 0 Å². The highest BCUT2D eigenvalue weighted by Crippen LogP contribution is 2.35. The number of piperidine rings is 1. The van der Waals surface area contributed by atoms with Crippen molar-refractivity contribution in [3.05, 3.63) is 70.4 Å². The second kappa shape index (κ2) is 10.1. The van der Waals surface area contributed by atoms with Crippen LogP contribution in [0.5, 0.6) is 5.75 Å². The molecular formula is C27H27ClFN5O3. The van der Waals surface area contributed by atoms with Crippen LogP contribution >= 0.6 is 11.6 Å².